The Balaban J connectivity index is 1.65. The molecule has 0 amide bonds. The molecule has 11 heteroatoms. The fourth-order valence-corrected chi connectivity index (χ4v) is 8.51. The van der Waals surface area contributed by atoms with E-state index in [-0.39, 0.29) is 30.1 Å². The van der Waals surface area contributed by atoms with Crippen molar-refractivity contribution in [2.45, 2.75) is 90.5 Å². The van der Waals surface area contributed by atoms with Gasteiger partial charge in [-0.3, -0.25) is 14.4 Å². The van der Waals surface area contributed by atoms with Crippen molar-refractivity contribution in [1.29, 1.82) is 0 Å². The maximum absolute atomic E-state index is 13.7. The topological polar surface area (TPSA) is 152 Å². The minimum absolute atomic E-state index is 0.00125. The monoisotopic (exact) mass is 560 g/mol. The second kappa shape index (κ2) is 8.97. The van der Waals surface area contributed by atoms with E-state index in [2.05, 4.69) is 6.58 Å². The highest BCUT2D eigenvalue weighted by Gasteiger charge is 2.75. The number of hydrogen-bond donors (Lipinski definition) is 1. The Morgan fingerprint density at radius 3 is 2.40 bits per heavy atom. The lowest BCUT2D eigenvalue weighted by Gasteiger charge is -2.70. The Hall–Kier alpha value is -3.05. The van der Waals surface area contributed by atoms with Gasteiger partial charge in [0.25, 0.3) is 0 Å². The summed E-state index contributed by atoms with van der Waals surface area (Å²) >= 11 is 0. The van der Waals surface area contributed by atoms with Crippen LogP contribution in [0.2, 0.25) is 0 Å². The van der Waals surface area contributed by atoms with Gasteiger partial charge in [0, 0.05) is 35.5 Å². The van der Waals surface area contributed by atoms with Gasteiger partial charge in [0.15, 0.2) is 0 Å². The van der Waals surface area contributed by atoms with Gasteiger partial charge < -0.3 is 28.8 Å². The average Bonchev–Trinajstić information content (AvgIpc) is 3.19. The molecule has 0 radical (unpaired) electrons. The first kappa shape index (κ1) is 28.5. The molecule has 5 aliphatic rings. The summed E-state index contributed by atoms with van der Waals surface area (Å²) < 4.78 is 28.1. The van der Waals surface area contributed by atoms with E-state index in [9.17, 15) is 29.1 Å². The van der Waals surface area contributed by atoms with Crippen LogP contribution >= 0.6 is 0 Å². The van der Waals surface area contributed by atoms with Crippen LogP contribution in [0.1, 0.15) is 60.3 Å². The summed E-state index contributed by atoms with van der Waals surface area (Å²) in [6.45, 7) is 12.9. The third-order valence-electron chi connectivity index (χ3n) is 10.5. The van der Waals surface area contributed by atoms with Gasteiger partial charge in [0.05, 0.1) is 25.2 Å². The fraction of sp³-hybridized carbons (Fsp3) is 0.690. The van der Waals surface area contributed by atoms with Crippen molar-refractivity contribution in [2.75, 3.05) is 7.11 Å². The van der Waals surface area contributed by atoms with Crippen LogP contribution in [0.5, 0.6) is 0 Å². The molecule has 3 heterocycles. The number of carbonyl (C=O) groups excluding carboxylic acids is 5. The van der Waals surface area contributed by atoms with Gasteiger partial charge in [-0.05, 0) is 30.4 Å². The largest absolute Gasteiger partial charge is 0.466 e. The molecule has 1 N–H and O–H groups in total. The second-order valence-corrected chi connectivity index (χ2v) is 12.7. The second-order valence-electron chi connectivity index (χ2n) is 12.7. The lowest BCUT2D eigenvalue weighted by Crippen LogP contribution is -2.75. The highest BCUT2D eigenvalue weighted by Crippen LogP contribution is 2.70. The Morgan fingerprint density at radius 2 is 1.82 bits per heavy atom. The molecule has 0 unspecified atom stereocenters. The molecule has 2 saturated carbocycles. The Labute approximate surface area is 232 Å². The number of aliphatic hydroxyl groups excluding tert-OH is 1. The van der Waals surface area contributed by atoms with Gasteiger partial charge in [0.2, 0.25) is 12.4 Å². The number of methoxy groups -OCH3 is 1. The standard InChI is InChI=1S/C29H36O11/c1-13-16-8-9-27(5)23(15-10-19(32)39-24(15)34)38-20(33)12-29(13,27)40-18-11-17(31)26(3,4)22(28(16,18)6)21(25(35)36-7)37-14(2)30/h10,16,18-19,21-23,32H,1,8-9,11-12H2,2-7H3/t16-,18-,19+,21-,22-,23-,27-,28-,29-/m0/s1. The zero-order valence-corrected chi connectivity index (χ0v) is 23.6. The van der Waals surface area contributed by atoms with Gasteiger partial charge >= 0.3 is 23.9 Å². The van der Waals surface area contributed by atoms with E-state index in [0.717, 1.165) is 0 Å². The molecule has 4 fully saturated rings. The average molecular weight is 561 g/mol. The summed E-state index contributed by atoms with van der Waals surface area (Å²) in [4.78, 5) is 64.7. The first-order valence-electron chi connectivity index (χ1n) is 13.5. The summed E-state index contributed by atoms with van der Waals surface area (Å²) in [6, 6.07) is 0. The predicted molar refractivity (Wildman–Crippen MR) is 135 cm³/mol. The Bertz CT molecular complexity index is 1250. The van der Waals surface area contributed by atoms with Crippen LogP contribution in [0.15, 0.2) is 23.8 Å². The number of cyclic esters (lactones) is 2. The van der Waals surface area contributed by atoms with E-state index in [1.165, 1.54) is 20.1 Å². The lowest BCUT2D eigenvalue weighted by molar-refractivity contribution is -0.299. The molecular formula is C29H36O11. The molecule has 11 nitrogen and oxygen atoms in total. The summed E-state index contributed by atoms with van der Waals surface area (Å²) in [5.41, 5.74) is -3.68. The van der Waals surface area contributed by atoms with Crippen molar-refractivity contribution in [3.8, 4) is 0 Å². The first-order chi connectivity index (χ1) is 18.5. The predicted octanol–water partition coefficient (Wildman–Crippen LogP) is 1.94. The Kier molecular flexibility index (Phi) is 6.39. The molecular weight excluding hydrogens is 524 g/mol. The van der Waals surface area contributed by atoms with Crippen LogP contribution in [-0.2, 0) is 47.7 Å². The number of rotatable bonds is 4. The first-order valence-corrected chi connectivity index (χ1v) is 13.5. The lowest BCUT2D eigenvalue weighted by atomic mass is 9.41. The van der Waals surface area contributed by atoms with Crippen molar-refractivity contribution < 1.29 is 52.8 Å². The molecule has 0 aromatic heterocycles. The van der Waals surface area contributed by atoms with E-state index < -0.39 is 76.2 Å². The van der Waals surface area contributed by atoms with Crippen molar-refractivity contribution in [1.82, 2.24) is 0 Å². The molecule has 1 spiro atoms. The van der Waals surface area contributed by atoms with Gasteiger partial charge in [-0.1, -0.05) is 34.3 Å². The van der Waals surface area contributed by atoms with Crippen molar-refractivity contribution >= 4 is 29.7 Å². The summed E-state index contributed by atoms with van der Waals surface area (Å²) in [5, 5.41) is 9.93. The molecule has 9 atom stereocenters. The number of esters is 4. The number of Topliss-reactive ketones (excluding diaryl/α,β-unsaturated/α-hetero) is 1. The van der Waals surface area contributed by atoms with E-state index in [1.54, 1.807) is 13.8 Å². The van der Waals surface area contributed by atoms with Gasteiger partial charge in [0.1, 0.15) is 17.5 Å². The number of aliphatic hydroxyl groups is 1. The zero-order chi connectivity index (χ0) is 29.6. The zero-order valence-electron chi connectivity index (χ0n) is 23.6. The molecule has 2 bridgehead atoms. The molecule has 3 aliphatic heterocycles. The van der Waals surface area contributed by atoms with Crippen LogP contribution in [0.4, 0.5) is 0 Å². The van der Waals surface area contributed by atoms with Crippen LogP contribution in [-0.4, -0.2) is 72.1 Å². The van der Waals surface area contributed by atoms with Crippen molar-refractivity contribution in [3.63, 3.8) is 0 Å². The number of ether oxygens (including phenoxy) is 5. The smallest absolute Gasteiger partial charge is 0.347 e. The molecule has 2 saturated heterocycles. The third-order valence-corrected chi connectivity index (χ3v) is 10.5. The van der Waals surface area contributed by atoms with Crippen molar-refractivity contribution in [2.24, 2.45) is 28.1 Å². The molecule has 0 aromatic rings. The molecule has 40 heavy (non-hydrogen) atoms. The number of fused-ring (bicyclic) bond motifs is 3. The van der Waals surface area contributed by atoms with Crippen molar-refractivity contribution in [3.05, 3.63) is 23.8 Å². The van der Waals surface area contributed by atoms with Gasteiger partial charge in [-0.15, -0.1) is 0 Å². The maximum Gasteiger partial charge on any atom is 0.347 e. The minimum Gasteiger partial charge on any atom is -0.466 e. The quantitative estimate of drug-likeness (QED) is 0.305. The molecule has 0 aromatic carbocycles. The van der Waals surface area contributed by atoms with E-state index in [4.69, 9.17) is 23.7 Å². The molecule has 218 valence electrons. The highest BCUT2D eigenvalue weighted by atomic mass is 16.6. The minimum atomic E-state index is -1.45. The third kappa shape index (κ3) is 3.59. The van der Waals surface area contributed by atoms with E-state index in [1.807, 2.05) is 13.8 Å². The van der Waals surface area contributed by atoms with Crippen LogP contribution in [0.3, 0.4) is 0 Å². The SMILES string of the molecule is C=C1[C@@H]2CC[C@@]3(C)[C@H](C4=C[C@H](O)OC4=O)OC(=O)C[C@]13O[C@H]1CC(=O)C(C)(C)[C@H]([C@H](OC(C)=O)C(=O)OC)[C@]12C. The number of ketones is 1. The van der Waals surface area contributed by atoms with Gasteiger partial charge in [-0.2, -0.15) is 0 Å². The summed E-state index contributed by atoms with van der Waals surface area (Å²) in [6.07, 6.45) is -2.71. The fourth-order valence-electron chi connectivity index (χ4n) is 8.51. The summed E-state index contributed by atoms with van der Waals surface area (Å²) in [7, 11) is 1.20. The van der Waals surface area contributed by atoms with Crippen LogP contribution in [0, 0.1) is 28.1 Å². The van der Waals surface area contributed by atoms with Gasteiger partial charge in [-0.25, -0.2) is 9.59 Å². The molecule has 2 aliphatic carbocycles. The number of carbonyl (C=O) groups is 5. The van der Waals surface area contributed by atoms with E-state index in [0.29, 0.717) is 18.4 Å². The highest BCUT2D eigenvalue weighted by molar-refractivity contribution is 5.93. The number of hydrogen-bond acceptors (Lipinski definition) is 11. The van der Waals surface area contributed by atoms with Crippen LogP contribution in [0.25, 0.3) is 0 Å². The Morgan fingerprint density at radius 1 is 1.15 bits per heavy atom. The molecule has 5 rings (SSSR count). The summed E-state index contributed by atoms with van der Waals surface area (Å²) in [5.74, 6) is -4.24. The normalized spacial score (nSPS) is 42.5. The van der Waals surface area contributed by atoms with Crippen LogP contribution < -0.4 is 0 Å². The van der Waals surface area contributed by atoms with E-state index >= 15 is 0 Å². The maximum atomic E-state index is 13.7.